The highest BCUT2D eigenvalue weighted by Gasteiger charge is 2.13. The molecular weight excluding hydrogens is 350 g/mol. The van der Waals surface area contributed by atoms with Crippen molar-refractivity contribution in [2.24, 2.45) is 0 Å². The van der Waals surface area contributed by atoms with Gasteiger partial charge >= 0.3 is 6.03 Å². The molecule has 0 saturated carbocycles. The van der Waals surface area contributed by atoms with Gasteiger partial charge in [-0.2, -0.15) is 0 Å². The lowest BCUT2D eigenvalue weighted by Gasteiger charge is -2.20. The Bertz CT molecular complexity index is 961. The molecule has 2 amide bonds. The standard InChI is InChI=1S/C22H27N5O/c1-15-9-11-16(12-10-15)19-25-18-8-6-5-7-17(18)20(26-19)23-13-14-24-21(28)27-22(2,3)4/h5-12H,13-14H2,1-4H3,(H,23,25,26)(H2,24,27,28). The number of hydrogen-bond acceptors (Lipinski definition) is 4. The highest BCUT2D eigenvalue weighted by Crippen LogP contribution is 2.24. The SMILES string of the molecule is Cc1ccc(-c2nc(NCCNC(=O)NC(C)(C)C)c3ccccc3n2)cc1. The molecule has 0 aliphatic rings. The highest BCUT2D eigenvalue weighted by atomic mass is 16.2. The average molecular weight is 377 g/mol. The van der Waals surface area contributed by atoms with Crippen molar-refractivity contribution in [2.45, 2.75) is 33.2 Å². The number of nitrogens with zero attached hydrogens (tertiary/aromatic N) is 2. The molecule has 0 spiro atoms. The number of nitrogens with one attached hydrogen (secondary N) is 3. The van der Waals surface area contributed by atoms with E-state index >= 15 is 0 Å². The minimum atomic E-state index is -0.261. The maximum atomic E-state index is 11.9. The van der Waals surface area contributed by atoms with E-state index in [-0.39, 0.29) is 11.6 Å². The van der Waals surface area contributed by atoms with E-state index in [0.717, 1.165) is 22.3 Å². The molecule has 0 atom stereocenters. The molecule has 0 aliphatic carbocycles. The first-order chi connectivity index (χ1) is 13.3. The number of urea groups is 1. The summed E-state index contributed by atoms with van der Waals surface area (Å²) in [4.78, 5) is 21.3. The fourth-order valence-electron chi connectivity index (χ4n) is 2.78. The third kappa shape index (κ3) is 5.19. The molecule has 6 heteroatoms. The average Bonchev–Trinajstić information content (AvgIpc) is 2.64. The molecule has 28 heavy (non-hydrogen) atoms. The van der Waals surface area contributed by atoms with Crippen LogP contribution in [0.2, 0.25) is 0 Å². The van der Waals surface area contributed by atoms with Crippen LogP contribution >= 0.6 is 0 Å². The van der Waals surface area contributed by atoms with Crippen molar-refractivity contribution in [3.8, 4) is 11.4 Å². The van der Waals surface area contributed by atoms with E-state index in [1.165, 1.54) is 5.56 Å². The van der Waals surface area contributed by atoms with Gasteiger partial charge in [0.1, 0.15) is 5.82 Å². The quantitative estimate of drug-likeness (QED) is 0.585. The molecule has 1 aromatic heterocycles. The number of rotatable bonds is 5. The number of carbonyl (C=O) groups excluding carboxylic acids is 1. The van der Waals surface area contributed by atoms with Crippen molar-refractivity contribution in [3.63, 3.8) is 0 Å². The summed E-state index contributed by atoms with van der Waals surface area (Å²) in [5.74, 6) is 1.44. The number of fused-ring (bicyclic) bond motifs is 1. The maximum absolute atomic E-state index is 11.9. The van der Waals surface area contributed by atoms with Crippen LogP contribution in [0.5, 0.6) is 0 Å². The molecule has 2 aromatic carbocycles. The van der Waals surface area contributed by atoms with Crippen LogP contribution < -0.4 is 16.0 Å². The van der Waals surface area contributed by atoms with E-state index in [1.807, 2.05) is 57.2 Å². The summed E-state index contributed by atoms with van der Waals surface area (Å²) < 4.78 is 0. The van der Waals surface area contributed by atoms with E-state index in [1.54, 1.807) is 0 Å². The number of anilines is 1. The second-order valence-electron chi connectivity index (χ2n) is 7.84. The number of para-hydroxylation sites is 1. The van der Waals surface area contributed by atoms with Gasteiger partial charge in [0, 0.05) is 29.6 Å². The zero-order valence-electron chi connectivity index (χ0n) is 16.8. The zero-order chi connectivity index (χ0) is 20.1. The third-order valence-corrected chi connectivity index (χ3v) is 4.10. The van der Waals surface area contributed by atoms with Gasteiger partial charge in [0.2, 0.25) is 0 Å². The number of benzene rings is 2. The molecule has 3 aromatic rings. The van der Waals surface area contributed by atoms with Crippen molar-refractivity contribution in [2.75, 3.05) is 18.4 Å². The largest absolute Gasteiger partial charge is 0.368 e. The highest BCUT2D eigenvalue weighted by molar-refractivity contribution is 5.90. The van der Waals surface area contributed by atoms with Gasteiger partial charge in [0.25, 0.3) is 0 Å². The van der Waals surface area contributed by atoms with E-state index in [9.17, 15) is 4.79 Å². The summed E-state index contributed by atoms with van der Waals surface area (Å²) >= 11 is 0. The van der Waals surface area contributed by atoms with Crippen LogP contribution in [0.1, 0.15) is 26.3 Å². The Kier molecular flexibility index (Phi) is 5.78. The normalized spacial score (nSPS) is 11.3. The van der Waals surface area contributed by atoms with Crippen molar-refractivity contribution in [1.82, 2.24) is 20.6 Å². The molecular formula is C22H27N5O. The van der Waals surface area contributed by atoms with Gasteiger partial charge in [-0.15, -0.1) is 0 Å². The maximum Gasteiger partial charge on any atom is 0.315 e. The van der Waals surface area contributed by atoms with Gasteiger partial charge in [0.05, 0.1) is 5.52 Å². The van der Waals surface area contributed by atoms with Gasteiger partial charge in [-0.05, 0) is 39.8 Å². The first kappa shape index (κ1) is 19.6. The number of carbonyl (C=O) groups is 1. The lowest BCUT2D eigenvalue weighted by Crippen LogP contribution is -2.47. The van der Waals surface area contributed by atoms with Crippen LogP contribution in [0.3, 0.4) is 0 Å². The smallest absolute Gasteiger partial charge is 0.315 e. The van der Waals surface area contributed by atoms with Crippen molar-refractivity contribution in [3.05, 3.63) is 54.1 Å². The van der Waals surface area contributed by atoms with Crippen molar-refractivity contribution < 1.29 is 4.79 Å². The van der Waals surface area contributed by atoms with Crippen LogP contribution in [0.15, 0.2) is 48.5 Å². The molecule has 1 heterocycles. The second kappa shape index (κ2) is 8.25. The Morgan fingerprint density at radius 2 is 1.68 bits per heavy atom. The van der Waals surface area contributed by atoms with Crippen LogP contribution in [0.4, 0.5) is 10.6 Å². The molecule has 0 radical (unpaired) electrons. The fourth-order valence-corrected chi connectivity index (χ4v) is 2.78. The van der Waals surface area contributed by atoms with Crippen molar-refractivity contribution in [1.29, 1.82) is 0 Å². The van der Waals surface area contributed by atoms with Crippen LogP contribution in [-0.4, -0.2) is 34.6 Å². The Morgan fingerprint density at radius 3 is 2.39 bits per heavy atom. The van der Waals surface area contributed by atoms with Crippen LogP contribution in [0, 0.1) is 6.92 Å². The molecule has 0 bridgehead atoms. The topological polar surface area (TPSA) is 78.9 Å². The molecule has 6 nitrogen and oxygen atoms in total. The monoisotopic (exact) mass is 377 g/mol. The lowest BCUT2D eigenvalue weighted by atomic mass is 10.1. The minimum Gasteiger partial charge on any atom is -0.368 e. The summed E-state index contributed by atoms with van der Waals surface area (Å²) in [6, 6.07) is 15.9. The van der Waals surface area contributed by atoms with Crippen LogP contribution in [-0.2, 0) is 0 Å². The van der Waals surface area contributed by atoms with E-state index < -0.39 is 0 Å². The second-order valence-corrected chi connectivity index (χ2v) is 7.84. The number of hydrogen-bond donors (Lipinski definition) is 3. The Hall–Kier alpha value is -3.15. The molecule has 0 saturated heterocycles. The number of amides is 2. The third-order valence-electron chi connectivity index (χ3n) is 4.10. The van der Waals surface area contributed by atoms with Crippen LogP contribution in [0.25, 0.3) is 22.3 Å². The summed E-state index contributed by atoms with van der Waals surface area (Å²) in [7, 11) is 0. The first-order valence-electron chi connectivity index (χ1n) is 9.45. The van der Waals surface area contributed by atoms with E-state index in [2.05, 4.69) is 35.0 Å². The number of aromatic nitrogens is 2. The molecule has 146 valence electrons. The Morgan fingerprint density at radius 1 is 0.964 bits per heavy atom. The minimum absolute atomic E-state index is 0.179. The van der Waals surface area contributed by atoms with Gasteiger partial charge in [-0.3, -0.25) is 0 Å². The van der Waals surface area contributed by atoms with E-state index in [4.69, 9.17) is 9.97 Å². The van der Waals surface area contributed by atoms with Crippen molar-refractivity contribution >= 4 is 22.8 Å². The predicted octanol–water partition coefficient (Wildman–Crippen LogP) is 4.11. The zero-order valence-corrected chi connectivity index (χ0v) is 16.8. The Balaban J connectivity index is 1.74. The molecule has 0 aliphatic heterocycles. The molecule has 3 rings (SSSR count). The Labute approximate surface area is 165 Å². The summed E-state index contributed by atoms with van der Waals surface area (Å²) in [5.41, 5.74) is 2.79. The predicted molar refractivity (Wildman–Crippen MR) is 114 cm³/mol. The van der Waals surface area contributed by atoms with Gasteiger partial charge < -0.3 is 16.0 Å². The molecule has 0 fully saturated rings. The first-order valence-corrected chi connectivity index (χ1v) is 9.45. The number of aryl methyl sites for hydroxylation is 1. The summed E-state index contributed by atoms with van der Waals surface area (Å²) in [6.07, 6.45) is 0. The summed E-state index contributed by atoms with van der Waals surface area (Å²) in [6.45, 7) is 8.95. The van der Waals surface area contributed by atoms with Gasteiger partial charge in [0.15, 0.2) is 5.82 Å². The van der Waals surface area contributed by atoms with E-state index in [0.29, 0.717) is 18.9 Å². The van der Waals surface area contributed by atoms with Gasteiger partial charge in [-0.1, -0.05) is 42.0 Å². The molecule has 3 N–H and O–H groups in total. The fraction of sp³-hybridized carbons (Fsp3) is 0.318. The molecule has 0 unspecified atom stereocenters. The lowest BCUT2D eigenvalue weighted by molar-refractivity contribution is 0.232. The van der Waals surface area contributed by atoms with Gasteiger partial charge in [-0.25, -0.2) is 14.8 Å². The summed E-state index contributed by atoms with van der Waals surface area (Å²) in [5, 5.41) is 10.0.